The molecule has 0 unspecified atom stereocenters. The first kappa shape index (κ1) is 15.9. The summed E-state index contributed by atoms with van der Waals surface area (Å²) >= 11 is 3.13. The maximum absolute atomic E-state index is 4.54. The highest BCUT2D eigenvalue weighted by Gasteiger charge is 2.12. The molecule has 25 heavy (non-hydrogen) atoms. The Kier molecular flexibility index (Phi) is 4.29. The van der Waals surface area contributed by atoms with E-state index in [-0.39, 0.29) is 0 Å². The van der Waals surface area contributed by atoms with Crippen LogP contribution in [0.15, 0.2) is 41.5 Å². The van der Waals surface area contributed by atoms with Gasteiger partial charge in [-0.1, -0.05) is 11.3 Å². The lowest BCUT2D eigenvalue weighted by Crippen LogP contribution is -2.11. The maximum atomic E-state index is 4.54. The highest BCUT2D eigenvalue weighted by molar-refractivity contribution is 7.16. The van der Waals surface area contributed by atoms with Crippen molar-refractivity contribution in [3.05, 3.63) is 41.5 Å². The number of benzene rings is 1. The topological polar surface area (TPSA) is 75.6 Å². The van der Waals surface area contributed by atoms with Gasteiger partial charge in [-0.3, -0.25) is 0 Å². The van der Waals surface area contributed by atoms with Crippen molar-refractivity contribution in [1.29, 1.82) is 0 Å². The number of rotatable bonds is 5. The Bertz CT molecular complexity index is 993. The van der Waals surface area contributed by atoms with Crippen LogP contribution in [-0.2, 0) is 0 Å². The molecule has 1 aromatic carbocycles. The largest absolute Gasteiger partial charge is 0.382 e. The lowest BCUT2D eigenvalue weighted by atomic mass is 10.2. The van der Waals surface area contributed by atoms with E-state index in [1.165, 1.54) is 11.3 Å². The Morgan fingerprint density at radius 3 is 2.76 bits per heavy atom. The predicted octanol–water partition coefficient (Wildman–Crippen LogP) is 4.77. The molecule has 0 aliphatic heterocycles. The second kappa shape index (κ2) is 6.73. The van der Waals surface area contributed by atoms with Crippen molar-refractivity contribution in [3.63, 3.8) is 0 Å². The molecule has 2 N–H and O–H groups in total. The van der Waals surface area contributed by atoms with E-state index in [4.69, 9.17) is 0 Å². The summed E-state index contributed by atoms with van der Waals surface area (Å²) in [7, 11) is 0. The first-order chi connectivity index (χ1) is 12.2. The summed E-state index contributed by atoms with van der Waals surface area (Å²) < 4.78 is 1.15. The summed E-state index contributed by atoms with van der Waals surface area (Å²) in [6.45, 7) is 4.21. The van der Waals surface area contributed by atoms with Crippen LogP contribution >= 0.6 is 22.7 Å². The molecule has 0 aliphatic rings. The van der Waals surface area contributed by atoms with Gasteiger partial charge >= 0.3 is 0 Å². The van der Waals surface area contributed by atoms with Gasteiger partial charge in [0.2, 0.25) is 0 Å². The Balaban J connectivity index is 1.67. The third-order valence-corrected chi connectivity index (χ3v) is 5.06. The van der Waals surface area contributed by atoms with E-state index < -0.39 is 0 Å². The standard InChI is InChI=1S/C17H16N6S2/c1-10(2)21-14-6-16(18-7-12(14)17-23-20-9-25-17)22-11-3-4-13-15(5-11)24-8-19-13/h3-10H,1-2H3,(H2,18,21,22). The summed E-state index contributed by atoms with van der Waals surface area (Å²) in [5.41, 5.74) is 7.53. The number of aromatic nitrogens is 4. The average Bonchev–Trinajstić information content (AvgIpc) is 3.25. The van der Waals surface area contributed by atoms with Crippen LogP contribution in [0.5, 0.6) is 0 Å². The van der Waals surface area contributed by atoms with Crippen molar-refractivity contribution >= 4 is 50.1 Å². The van der Waals surface area contributed by atoms with Crippen molar-refractivity contribution in [2.24, 2.45) is 0 Å². The zero-order valence-electron chi connectivity index (χ0n) is 13.7. The molecule has 126 valence electrons. The van der Waals surface area contributed by atoms with E-state index >= 15 is 0 Å². The van der Waals surface area contributed by atoms with Crippen LogP contribution in [0, 0.1) is 0 Å². The van der Waals surface area contributed by atoms with Crippen LogP contribution < -0.4 is 10.6 Å². The SMILES string of the molecule is CC(C)Nc1cc(Nc2ccc3ncsc3c2)ncc1-c1nncs1. The Labute approximate surface area is 153 Å². The third kappa shape index (κ3) is 3.45. The summed E-state index contributed by atoms with van der Waals surface area (Å²) in [5, 5.41) is 15.8. The monoisotopic (exact) mass is 368 g/mol. The van der Waals surface area contributed by atoms with E-state index in [0.29, 0.717) is 6.04 Å². The molecule has 4 rings (SSSR count). The minimum absolute atomic E-state index is 0.301. The van der Waals surface area contributed by atoms with Crippen LogP contribution in [0.4, 0.5) is 17.2 Å². The number of nitrogens with zero attached hydrogens (tertiary/aromatic N) is 4. The maximum Gasteiger partial charge on any atom is 0.151 e. The fourth-order valence-corrected chi connectivity index (χ4v) is 3.79. The normalized spacial score (nSPS) is 11.2. The molecular formula is C17H16N6S2. The highest BCUT2D eigenvalue weighted by atomic mass is 32.1. The molecule has 0 spiro atoms. The van der Waals surface area contributed by atoms with E-state index in [9.17, 15) is 0 Å². The second-order valence-corrected chi connectivity index (χ2v) is 7.54. The van der Waals surface area contributed by atoms with Gasteiger partial charge in [0.15, 0.2) is 5.01 Å². The molecule has 3 aromatic heterocycles. The predicted molar refractivity (Wildman–Crippen MR) is 105 cm³/mol. The van der Waals surface area contributed by atoms with Gasteiger partial charge in [-0.25, -0.2) is 9.97 Å². The van der Waals surface area contributed by atoms with Crippen LogP contribution in [-0.4, -0.2) is 26.2 Å². The lowest BCUT2D eigenvalue weighted by molar-refractivity contribution is 0.899. The molecular weight excluding hydrogens is 352 g/mol. The molecule has 0 radical (unpaired) electrons. The third-order valence-electron chi connectivity index (χ3n) is 3.54. The summed E-state index contributed by atoms with van der Waals surface area (Å²) in [4.78, 5) is 8.85. The summed E-state index contributed by atoms with van der Waals surface area (Å²) in [6, 6.07) is 8.42. The molecule has 3 heterocycles. The number of fused-ring (bicyclic) bond motifs is 1. The van der Waals surface area contributed by atoms with Crippen molar-refractivity contribution in [3.8, 4) is 10.6 Å². The van der Waals surface area contributed by atoms with Crippen molar-refractivity contribution in [1.82, 2.24) is 20.2 Å². The summed E-state index contributed by atoms with van der Waals surface area (Å²) in [5.74, 6) is 0.778. The van der Waals surface area contributed by atoms with Gasteiger partial charge in [0, 0.05) is 29.7 Å². The number of thiazole rings is 1. The number of hydrogen-bond acceptors (Lipinski definition) is 8. The van der Waals surface area contributed by atoms with Crippen LogP contribution in [0.3, 0.4) is 0 Å². The highest BCUT2D eigenvalue weighted by Crippen LogP contribution is 2.32. The molecule has 0 bridgehead atoms. The van der Waals surface area contributed by atoms with E-state index in [2.05, 4.69) is 50.7 Å². The van der Waals surface area contributed by atoms with Gasteiger partial charge in [0.05, 0.1) is 21.3 Å². The smallest absolute Gasteiger partial charge is 0.151 e. The number of hydrogen-bond donors (Lipinski definition) is 2. The quantitative estimate of drug-likeness (QED) is 0.528. The Morgan fingerprint density at radius 2 is 1.96 bits per heavy atom. The fraction of sp³-hybridized carbons (Fsp3) is 0.176. The second-order valence-electron chi connectivity index (χ2n) is 5.82. The Morgan fingerprint density at radius 1 is 1.04 bits per heavy atom. The summed E-state index contributed by atoms with van der Waals surface area (Å²) in [6.07, 6.45) is 1.83. The van der Waals surface area contributed by atoms with Gasteiger partial charge in [0.25, 0.3) is 0 Å². The number of nitrogens with one attached hydrogen (secondary N) is 2. The van der Waals surface area contributed by atoms with Crippen LogP contribution in [0.1, 0.15) is 13.8 Å². The molecule has 0 atom stereocenters. The zero-order chi connectivity index (χ0) is 17.2. The molecule has 8 heteroatoms. The fourth-order valence-electron chi connectivity index (χ4n) is 2.50. The zero-order valence-corrected chi connectivity index (χ0v) is 15.4. The molecule has 0 aliphatic carbocycles. The van der Waals surface area contributed by atoms with E-state index in [0.717, 1.165) is 38.0 Å². The first-order valence-electron chi connectivity index (χ1n) is 7.82. The van der Waals surface area contributed by atoms with Crippen molar-refractivity contribution in [2.45, 2.75) is 19.9 Å². The minimum atomic E-state index is 0.301. The van der Waals surface area contributed by atoms with Gasteiger partial charge in [-0.15, -0.1) is 21.5 Å². The van der Waals surface area contributed by atoms with E-state index in [1.54, 1.807) is 16.8 Å². The lowest BCUT2D eigenvalue weighted by Gasteiger charge is -2.15. The molecule has 0 amide bonds. The molecule has 0 saturated carbocycles. The molecule has 0 fully saturated rings. The Hall–Kier alpha value is -2.58. The van der Waals surface area contributed by atoms with Gasteiger partial charge in [0.1, 0.15) is 11.3 Å². The van der Waals surface area contributed by atoms with Crippen molar-refractivity contribution < 1.29 is 0 Å². The number of anilines is 3. The van der Waals surface area contributed by atoms with E-state index in [1.807, 2.05) is 29.9 Å². The van der Waals surface area contributed by atoms with Crippen LogP contribution in [0.25, 0.3) is 20.8 Å². The minimum Gasteiger partial charge on any atom is -0.382 e. The average molecular weight is 368 g/mol. The van der Waals surface area contributed by atoms with Gasteiger partial charge < -0.3 is 10.6 Å². The molecule has 0 saturated heterocycles. The first-order valence-corrected chi connectivity index (χ1v) is 9.58. The van der Waals surface area contributed by atoms with Crippen LogP contribution in [0.2, 0.25) is 0 Å². The van der Waals surface area contributed by atoms with Crippen molar-refractivity contribution in [2.75, 3.05) is 10.6 Å². The number of pyridine rings is 1. The van der Waals surface area contributed by atoms with Gasteiger partial charge in [-0.05, 0) is 32.0 Å². The molecule has 6 nitrogen and oxygen atoms in total. The molecule has 4 aromatic rings. The van der Waals surface area contributed by atoms with Gasteiger partial charge in [-0.2, -0.15) is 0 Å².